The number of nitrogens with zero attached hydrogens (tertiary/aromatic N) is 3. The first-order valence-electron chi connectivity index (χ1n) is 8.35. The Hall–Kier alpha value is -2.12. The molecule has 2 unspecified atom stereocenters. The Morgan fingerprint density at radius 2 is 2.04 bits per heavy atom. The lowest BCUT2D eigenvalue weighted by atomic mass is 9.85. The predicted octanol–water partition coefficient (Wildman–Crippen LogP) is 3.44. The monoisotopic (exact) mass is 354 g/mol. The Morgan fingerprint density at radius 1 is 1.32 bits per heavy atom. The summed E-state index contributed by atoms with van der Waals surface area (Å²) in [6.45, 7) is 3.56. The van der Waals surface area contributed by atoms with Crippen molar-refractivity contribution >= 4 is 16.9 Å². The van der Waals surface area contributed by atoms with Crippen molar-refractivity contribution in [2.45, 2.75) is 51.7 Å². The maximum atomic E-state index is 13.0. The van der Waals surface area contributed by atoms with Crippen molar-refractivity contribution in [2.75, 3.05) is 0 Å². The molecule has 0 saturated heterocycles. The molecule has 1 aliphatic rings. The summed E-state index contributed by atoms with van der Waals surface area (Å²) in [5.74, 6) is -1.70. The Balaban J connectivity index is 1.86. The number of aryl methyl sites for hydroxylation is 3. The van der Waals surface area contributed by atoms with Crippen molar-refractivity contribution in [1.29, 1.82) is 0 Å². The summed E-state index contributed by atoms with van der Waals surface area (Å²) in [6, 6.07) is 1.20. The molecule has 1 aliphatic carbocycles. The molecule has 5 nitrogen and oxygen atoms in total. The third-order valence-electron chi connectivity index (χ3n) is 4.81. The van der Waals surface area contributed by atoms with Crippen LogP contribution in [0.2, 0.25) is 0 Å². The van der Waals surface area contributed by atoms with Crippen molar-refractivity contribution in [3.63, 3.8) is 0 Å². The van der Waals surface area contributed by atoms with Gasteiger partial charge < -0.3 is 5.32 Å². The van der Waals surface area contributed by atoms with Crippen molar-refractivity contribution < 1.29 is 18.0 Å². The summed E-state index contributed by atoms with van der Waals surface area (Å²) in [6.07, 6.45) is -3.10. The van der Waals surface area contributed by atoms with Gasteiger partial charge in [0.2, 0.25) is 0 Å². The normalized spacial score (nSPS) is 21.5. The smallest absolute Gasteiger partial charge is 0.349 e. The first-order valence-corrected chi connectivity index (χ1v) is 8.35. The highest BCUT2D eigenvalue weighted by molar-refractivity contribution is 6.06. The van der Waals surface area contributed by atoms with Gasteiger partial charge in [0.05, 0.1) is 22.6 Å². The van der Waals surface area contributed by atoms with Crippen molar-refractivity contribution in [3.8, 4) is 0 Å². The van der Waals surface area contributed by atoms with Crippen LogP contribution in [0.3, 0.4) is 0 Å². The second-order valence-corrected chi connectivity index (χ2v) is 6.79. The van der Waals surface area contributed by atoms with Gasteiger partial charge in [-0.3, -0.25) is 9.48 Å². The molecule has 3 rings (SSSR count). The number of fused-ring (bicyclic) bond motifs is 1. The standard InChI is InChI=1S/C17H21F3N4O/c1-9-7-13(14-10(2)23-24(3)15(14)21-9)16(25)22-12-6-4-5-11(8-12)17(18,19)20/h7,11-12H,4-6,8H2,1-3H3,(H,22,25). The number of hydrogen-bond donors (Lipinski definition) is 1. The van der Waals surface area contributed by atoms with Crippen LogP contribution >= 0.6 is 0 Å². The third-order valence-corrected chi connectivity index (χ3v) is 4.81. The van der Waals surface area contributed by atoms with Gasteiger partial charge in [-0.1, -0.05) is 6.42 Å². The zero-order valence-electron chi connectivity index (χ0n) is 14.4. The summed E-state index contributed by atoms with van der Waals surface area (Å²) >= 11 is 0. The third kappa shape index (κ3) is 3.48. The second kappa shape index (κ2) is 6.31. The largest absolute Gasteiger partial charge is 0.391 e. The summed E-state index contributed by atoms with van der Waals surface area (Å²) in [7, 11) is 1.75. The zero-order chi connectivity index (χ0) is 18.4. The van der Waals surface area contributed by atoms with E-state index in [-0.39, 0.29) is 18.7 Å². The minimum atomic E-state index is -4.20. The van der Waals surface area contributed by atoms with Gasteiger partial charge in [-0.15, -0.1) is 0 Å². The highest BCUT2D eigenvalue weighted by atomic mass is 19.4. The molecular formula is C17H21F3N4O. The van der Waals surface area contributed by atoms with Gasteiger partial charge >= 0.3 is 6.18 Å². The lowest BCUT2D eigenvalue weighted by Gasteiger charge is -2.31. The van der Waals surface area contributed by atoms with Gasteiger partial charge in [0, 0.05) is 18.8 Å². The molecule has 1 amide bonds. The van der Waals surface area contributed by atoms with Gasteiger partial charge in [0.15, 0.2) is 5.65 Å². The predicted molar refractivity (Wildman–Crippen MR) is 87.3 cm³/mol. The molecule has 0 bridgehead atoms. The number of nitrogens with one attached hydrogen (secondary N) is 1. The van der Waals surface area contributed by atoms with Crippen LogP contribution in [0, 0.1) is 19.8 Å². The van der Waals surface area contributed by atoms with Crippen LogP contribution in [0.1, 0.15) is 47.4 Å². The van der Waals surface area contributed by atoms with Gasteiger partial charge in [-0.05, 0) is 39.2 Å². The molecule has 1 fully saturated rings. The molecule has 0 aromatic carbocycles. The molecule has 2 heterocycles. The van der Waals surface area contributed by atoms with Crippen molar-refractivity contribution in [1.82, 2.24) is 20.1 Å². The van der Waals surface area contributed by atoms with Gasteiger partial charge in [0.25, 0.3) is 5.91 Å². The maximum Gasteiger partial charge on any atom is 0.391 e. The van der Waals surface area contributed by atoms with E-state index in [1.807, 2.05) is 0 Å². The summed E-state index contributed by atoms with van der Waals surface area (Å²) in [4.78, 5) is 17.1. The number of amides is 1. The van der Waals surface area contributed by atoms with Gasteiger partial charge in [0.1, 0.15) is 0 Å². The van der Waals surface area contributed by atoms with E-state index < -0.39 is 18.1 Å². The van der Waals surface area contributed by atoms with Crippen LogP contribution in [-0.2, 0) is 7.05 Å². The molecule has 25 heavy (non-hydrogen) atoms. The lowest BCUT2D eigenvalue weighted by molar-refractivity contribution is -0.183. The average Bonchev–Trinajstić information content (AvgIpc) is 2.80. The molecule has 1 N–H and O–H groups in total. The van der Waals surface area contributed by atoms with E-state index >= 15 is 0 Å². The van der Waals surface area contributed by atoms with E-state index in [9.17, 15) is 18.0 Å². The number of pyridine rings is 1. The highest BCUT2D eigenvalue weighted by Crippen LogP contribution is 2.37. The highest BCUT2D eigenvalue weighted by Gasteiger charge is 2.42. The lowest BCUT2D eigenvalue weighted by Crippen LogP contribution is -2.41. The van der Waals surface area contributed by atoms with E-state index in [2.05, 4.69) is 15.4 Å². The fourth-order valence-electron chi connectivity index (χ4n) is 3.63. The van der Waals surface area contributed by atoms with E-state index in [1.54, 1.807) is 31.6 Å². The Bertz CT molecular complexity index is 812. The number of halogens is 3. The van der Waals surface area contributed by atoms with Crippen LogP contribution in [0.5, 0.6) is 0 Å². The summed E-state index contributed by atoms with van der Waals surface area (Å²) in [5, 5.41) is 7.73. The van der Waals surface area contributed by atoms with E-state index in [0.29, 0.717) is 40.8 Å². The van der Waals surface area contributed by atoms with Crippen LogP contribution in [-0.4, -0.2) is 32.9 Å². The summed E-state index contributed by atoms with van der Waals surface area (Å²) in [5.41, 5.74) is 2.35. The minimum Gasteiger partial charge on any atom is -0.349 e. The molecular weight excluding hydrogens is 333 g/mol. The average molecular weight is 354 g/mol. The molecule has 0 radical (unpaired) electrons. The second-order valence-electron chi connectivity index (χ2n) is 6.79. The number of rotatable bonds is 2. The zero-order valence-corrected chi connectivity index (χ0v) is 14.4. The fraction of sp³-hybridized carbons (Fsp3) is 0.588. The van der Waals surface area contributed by atoms with E-state index in [1.165, 1.54) is 0 Å². The van der Waals surface area contributed by atoms with E-state index in [4.69, 9.17) is 0 Å². The SMILES string of the molecule is Cc1cc(C(=O)NC2CCCC(C(F)(F)F)C2)c2c(C)nn(C)c2n1. The van der Waals surface area contributed by atoms with Gasteiger partial charge in [-0.2, -0.15) is 18.3 Å². The molecule has 136 valence electrons. The Kier molecular flexibility index (Phi) is 4.47. The first kappa shape index (κ1) is 17.7. The first-order chi connectivity index (χ1) is 11.7. The number of carbonyl (C=O) groups excluding carboxylic acids is 1. The topological polar surface area (TPSA) is 59.8 Å². The Labute approximate surface area is 143 Å². The molecule has 8 heteroatoms. The molecule has 0 spiro atoms. The summed E-state index contributed by atoms with van der Waals surface area (Å²) < 4.78 is 40.5. The Morgan fingerprint density at radius 3 is 2.72 bits per heavy atom. The van der Waals surface area contributed by atoms with Crippen LogP contribution in [0.4, 0.5) is 13.2 Å². The molecule has 1 saturated carbocycles. The fourth-order valence-corrected chi connectivity index (χ4v) is 3.63. The number of aromatic nitrogens is 3. The quantitative estimate of drug-likeness (QED) is 0.899. The van der Waals surface area contributed by atoms with Gasteiger partial charge in [-0.25, -0.2) is 4.98 Å². The number of hydrogen-bond acceptors (Lipinski definition) is 3. The molecule has 2 atom stereocenters. The van der Waals surface area contributed by atoms with E-state index in [0.717, 1.165) is 0 Å². The minimum absolute atomic E-state index is 0.0610. The molecule has 2 aromatic rings. The van der Waals surface area contributed by atoms with Crippen molar-refractivity contribution in [3.05, 3.63) is 23.0 Å². The number of carbonyl (C=O) groups is 1. The molecule has 2 aromatic heterocycles. The van der Waals surface area contributed by atoms with Crippen LogP contribution in [0.15, 0.2) is 6.07 Å². The van der Waals surface area contributed by atoms with Crippen LogP contribution in [0.25, 0.3) is 11.0 Å². The molecule has 0 aliphatic heterocycles. The van der Waals surface area contributed by atoms with Crippen LogP contribution < -0.4 is 5.32 Å². The number of alkyl halides is 3. The van der Waals surface area contributed by atoms with Crippen molar-refractivity contribution in [2.24, 2.45) is 13.0 Å². The maximum absolute atomic E-state index is 13.0.